The summed E-state index contributed by atoms with van der Waals surface area (Å²) in [5, 5.41) is 9.82. The summed E-state index contributed by atoms with van der Waals surface area (Å²) < 4.78 is 2.31. The third kappa shape index (κ3) is 4.64. The van der Waals surface area contributed by atoms with E-state index >= 15 is 0 Å². The number of benzene rings is 9. The summed E-state index contributed by atoms with van der Waals surface area (Å²) in [6.07, 6.45) is 0. The van der Waals surface area contributed by atoms with Crippen LogP contribution in [-0.4, -0.2) is 4.57 Å². The predicted molar refractivity (Wildman–Crippen MR) is 216 cm³/mol. The molecule has 1 heterocycles. The molecule has 10 rings (SSSR count). The maximum atomic E-state index is 7.60. The standard InChI is InChI=1S/C49H30N2/c1-50-36-25-27-48-47(29-36)42-26-24-35(28-49(42)51(48)37-14-6-3-7-15-37)32-20-22-34(23-21-32)44-31-46-40-18-10-8-16-38(40)43(33-12-4-2-5-13-33)30-45(46)41-19-11-9-17-39(41)44/h2-31H. The molecule has 0 amide bonds. The zero-order chi connectivity index (χ0) is 33.9. The molecule has 0 saturated heterocycles. The zero-order valence-electron chi connectivity index (χ0n) is 27.7. The number of hydrogen-bond acceptors (Lipinski definition) is 0. The van der Waals surface area contributed by atoms with E-state index < -0.39 is 0 Å². The largest absolute Gasteiger partial charge is 0.309 e. The summed E-state index contributed by atoms with van der Waals surface area (Å²) in [4.78, 5) is 3.72. The van der Waals surface area contributed by atoms with Gasteiger partial charge in [-0.25, -0.2) is 4.85 Å². The number of aromatic nitrogens is 1. The van der Waals surface area contributed by atoms with Crippen LogP contribution in [0.5, 0.6) is 0 Å². The topological polar surface area (TPSA) is 9.29 Å². The lowest BCUT2D eigenvalue weighted by atomic mass is 9.87. The molecule has 2 nitrogen and oxygen atoms in total. The molecule has 0 aliphatic heterocycles. The fourth-order valence-electron chi connectivity index (χ4n) is 8.00. The zero-order valence-corrected chi connectivity index (χ0v) is 27.7. The van der Waals surface area contributed by atoms with E-state index in [1.54, 1.807) is 0 Å². The van der Waals surface area contributed by atoms with Crippen molar-refractivity contribution in [2.24, 2.45) is 0 Å². The second kappa shape index (κ2) is 11.6. The average Bonchev–Trinajstić information content (AvgIpc) is 3.53. The van der Waals surface area contributed by atoms with Crippen LogP contribution in [0.4, 0.5) is 5.69 Å². The van der Waals surface area contributed by atoms with Crippen molar-refractivity contribution in [3.8, 4) is 39.1 Å². The SMILES string of the molecule is [C-]#[N+]c1ccc2c(c1)c1ccc(-c3ccc(-c4cc5c6ccccc6c(-c6ccccc6)cc5c5ccccc45)cc3)cc1n2-c1ccccc1. The lowest BCUT2D eigenvalue weighted by Crippen LogP contribution is -1.93. The second-order valence-electron chi connectivity index (χ2n) is 13.2. The molecule has 0 spiro atoms. The van der Waals surface area contributed by atoms with Crippen LogP contribution in [0.3, 0.4) is 0 Å². The van der Waals surface area contributed by atoms with Gasteiger partial charge in [-0.3, -0.25) is 0 Å². The van der Waals surface area contributed by atoms with Crippen molar-refractivity contribution in [1.82, 2.24) is 4.57 Å². The van der Waals surface area contributed by atoms with Crippen molar-refractivity contribution in [3.63, 3.8) is 0 Å². The molecule has 51 heavy (non-hydrogen) atoms. The van der Waals surface area contributed by atoms with Crippen molar-refractivity contribution in [2.45, 2.75) is 0 Å². The minimum atomic E-state index is 0.653. The van der Waals surface area contributed by atoms with E-state index in [-0.39, 0.29) is 0 Å². The Morgan fingerprint density at radius 3 is 1.49 bits per heavy atom. The third-order valence-corrected chi connectivity index (χ3v) is 10.4. The van der Waals surface area contributed by atoms with E-state index in [4.69, 9.17) is 6.57 Å². The van der Waals surface area contributed by atoms with Gasteiger partial charge in [0, 0.05) is 11.1 Å². The Labute approximate surface area is 295 Å². The first kappa shape index (κ1) is 29.0. The Hall–Kier alpha value is -6.95. The molecule has 2 heteroatoms. The van der Waals surface area contributed by atoms with Crippen LogP contribution in [0.25, 0.3) is 98.0 Å². The molecular formula is C49H30N2. The van der Waals surface area contributed by atoms with Gasteiger partial charge in [-0.15, -0.1) is 0 Å². The molecule has 9 aromatic carbocycles. The normalized spacial score (nSPS) is 11.5. The smallest absolute Gasteiger partial charge is 0.188 e. The molecule has 0 unspecified atom stereocenters. The van der Waals surface area contributed by atoms with Crippen LogP contribution in [-0.2, 0) is 0 Å². The Morgan fingerprint density at radius 2 is 0.863 bits per heavy atom. The maximum Gasteiger partial charge on any atom is 0.188 e. The third-order valence-electron chi connectivity index (χ3n) is 10.4. The van der Waals surface area contributed by atoms with Gasteiger partial charge in [0.05, 0.1) is 17.6 Å². The Bertz CT molecular complexity index is 3000. The highest BCUT2D eigenvalue weighted by molar-refractivity contribution is 6.24. The van der Waals surface area contributed by atoms with Gasteiger partial charge in [0.25, 0.3) is 0 Å². The van der Waals surface area contributed by atoms with Crippen LogP contribution in [0.1, 0.15) is 0 Å². The Balaban J connectivity index is 1.13. The van der Waals surface area contributed by atoms with Crippen LogP contribution in [0.15, 0.2) is 182 Å². The lowest BCUT2D eigenvalue weighted by molar-refractivity contribution is 1.18. The molecule has 10 aromatic rings. The quantitative estimate of drug-likeness (QED) is 0.133. The molecule has 0 aliphatic rings. The molecule has 0 N–H and O–H groups in total. The van der Waals surface area contributed by atoms with Crippen molar-refractivity contribution in [3.05, 3.63) is 193 Å². The second-order valence-corrected chi connectivity index (χ2v) is 13.2. The molecule has 0 radical (unpaired) electrons. The molecule has 1 aromatic heterocycles. The van der Waals surface area contributed by atoms with Gasteiger partial charge < -0.3 is 4.57 Å². The van der Waals surface area contributed by atoms with Crippen LogP contribution in [0.2, 0.25) is 0 Å². The number of rotatable bonds is 4. The molecule has 0 aliphatic carbocycles. The molecule has 0 fully saturated rings. The summed E-state index contributed by atoms with van der Waals surface area (Å²) >= 11 is 0. The first-order chi connectivity index (χ1) is 25.2. The van der Waals surface area contributed by atoms with E-state index in [0.717, 1.165) is 38.6 Å². The van der Waals surface area contributed by atoms with Crippen LogP contribution in [0, 0.1) is 6.57 Å². The van der Waals surface area contributed by atoms with E-state index in [1.165, 1.54) is 54.6 Å². The summed E-state index contributed by atoms with van der Waals surface area (Å²) in [5.41, 5.74) is 11.2. The van der Waals surface area contributed by atoms with Crippen molar-refractivity contribution in [2.75, 3.05) is 0 Å². The number of nitrogens with zero attached hydrogens (tertiary/aromatic N) is 2. The van der Waals surface area contributed by atoms with Gasteiger partial charge >= 0.3 is 0 Å². The van der Waals surface area contributed by atoms with E-state index in [9.17, 15) is 0 Å². The molecular weight excluding hydrogens is 617 g/mol. The predicted octanol–water partition coefficient (Wildman–Crippen LogP) is 13.8. The Kier molecular flexibility index (Phi) is 6.59. The highest BCUT2D eigenvalue weighted by Gasteiger charge is 2.16. The van der Waals surface area contributed by atoms with Crippen LogP contribution < -0.4 is 0 Å². The van der Waals surface area contributed by atoms with Gasteiger partial charge in [0.15, 0.2) is 5.69 Å². The maximum absolute atomic E-state index is 7.60. The van der Waals surface area contributed by atoms with E-state index in [1.807, 2.05) is 18.2 Å². The minimum absolute atomic E-state index is 0.653. The highest BCUT2D eigenvalue weighted by atomic mass is 15.0. The molecule has 0 atom stereocenters. The number of hydrogen-bond donors (Lipinski definition) is 0. The van der Waals surface area contributed by atoms with Gasteiger partial charge in [-0.1, -0.05) is 140 Å². The summed E-state index contributed by atoms with van der Waals surface area (Å²) in [6.45, 7) is 7.60. The molecule has 0 bridgehead atoms. The van der Waals surface area contributed by atoms with E-state index in [2.05, 4.69) is 173 Å². The van der Waals surface area contributed by atoms with Crippen molar-refractivity contribution in [1.29, 1.82) is 0 Å². The van der Waals surface area contributed by atoms with Gasteiger partial charge in [0.2, 0.25) is 0 Å². The van der Waals surface area contributed by atoms with Gasteiger partial charge in [-0.2, -0.15) is 0 Å². The average molecular weight is 647 g/mol. The summed E-state index contributed by atoms with van der Waals surface area (Å²) in [6, 6.07) is 65.3. The fourth-order valence-corrected chi connectivity index (χ4v) is 8.00. The number of para-hydroxylation sites is 1. The highest BCUT2D eigenvalue weighted by Crippen LogP contribution is 2.42. The summed E-state index contributed by atoms with van der Waals surface area (Å²) in [7, 11) is 0. The monoisotopic (exact) mass is 646 g/mol. The summed E-state index contributed by atoms with van der Waals surface area (Å²) in [5.74, 6) is 0. The molecule has 0 saturated carbocycles. The van der Waals surface area contributed by atoms with Crippen molar-refractivity contribution >= 4 is 59.8 Å². The van der Waals surface area contributed by atoms with Gasteiger partial charge in [0.1, 0.15) is 0 Å². The number of fused-ring (bicyclic) bond motifs is 8. The minimum Gasteiger partial charge on any atom is -0.309 e. The van der Waals surface area contributed by atoms with E-state index in [0.29, 0.717) is 5.69 Å². The van der Waals surface area contributed by atoms with Crippen molar-refractivity contribution < 1.29 is 0 Å². The first-order valence-corrected chi connectivity index (χ1v) is 17.3. The molecule has 236 valence electrons. The first-order valence-electron chi connectivity index (χ1n) is 17.3. The lowest BCUT2D eigenvalue weighted by Gasteiger charge is -2.16. The Morgan fingerprint density at radius 1 is 0.333 bits per heavy atom. The fraction of sp³-hybridized carbons (Fsp3) is 0. The van der Waals surface area contributed by atoms with Gasteiger partial charge in [-0.05, 0) is 114 Å². The van der Waals surface area contributed by atoms with Crippen LogP contribution >= 0.6 is 0 Å².